The van der Waals surface area contributed by atoms with Crippen LogP contribution in [0.3, 0.4) is 0 Å². The first-order valence-electron chi connectivity index (χ1n) is 3.36. The molecule has 0 saturated carbocycles. The first-order chi connectivity index (χ1) is 5.24. The molecular formula is C9H8BrN. The third-order valence-electron chi connectivity index (χ3n) is 1.55. The molecule has 0 aliphatic rings. The van der Waals surface area contributed by atoms with Gasteiger partial charge in [-0.2, -0.15) is 0 Å². The lowest BCUT2D eigenvalue weighted by atomic mass is 10.1. The first kappa shape index (κ1) is 8.29. The van der Waals surface area contributed by atoms with Crippen molar-refractivity contribution in [3.63, 3.8) is 0 Å². The fourth-order valence-corrected chi connectivity index (χ4v) is 1.08. The molecule has 1 nitrogen and oxygen atoms in total. The van der Waals surface area contributed by atoms with Crippen LogP contribution in [0.4, 0.5) is 0 Å². The van der Waals surface area contributed by atoms with E-state index in [1.165, 1.54) is 0 Å². The zero-order valence-corrected chi connectivity index (χ0v) is 7.80. The molecule has 1 atom stereocenters. The maximum atomic E-state index is 6.81. The lowest BCUT2D eigenvalue weighted by molar-refractivity contribution is 0.961. The molecule has 11 heavy (non-hydrogen) atoms. The van der Waals surface area contributed by atoms with E-state index in [4.69, 9.17) is 6.57 Å². The number of rotatable bonds is 1. The molecule has 0 heterocycles. The minimum Gasteiger partial charge on any atom is -0.309 e. The summed E-state index contributed by atoms with van der Waals surface area (Å²) in [5.74, 6) is 0. The fraction of sp³-hybridized carbons (Fsp3) is 0.222. The Labute approximate surface area is 75.0 Å². The summed E-state index contributed by atoms with van der Waals surface area (Å²) >= 11 is 3.34. The topological polar surface area (TPSA) is 4.36 Å². The molecule has 0 aromatic heterocycles. The van der Waals surface area contributed by atoms with Crippen molar-refractivity contribution in [3.8, 4) is 0 Å². The zero-order valence-electron chi connectivity index (χ0n) is 6.21. The molecule has 0 spiro atoms. The van der Waals surface area contributed by atoms with Crippen LogP contribution < -0.4 is 0 Å². The maximum Gasteiger partial charge on any atom is 0.245 e. The number of hydrogen-bond donors (Lipinski definition) is 0. The Morgan fingerprint density at radius 2 is 1.91 bits per heavy atom. The van der Waals surface area contributed by atoms with E-state index < -0.39 is 0 Å². The molecule has 1 aromatic rings. The molecule has 0 amide bonds. The van der Waals surface area contributed by atoms with Gasteiger partial charge in [-0.1, -0.05) is 28.1 Å². The highest BCUT2D eigenvalue weighted by atomic mass is 79.9. The van der Waals surface area contributed by atoms with Gasteiger partial charge in [-0.05, 0) is 12.1 Å². The number of benzene rings is 1. The lowest BCUT2D eigenvalue weighted by Gasteiger charge is -1.97. The molecule has 1 rings (SSSR count). The summed E-state index contributed by atoms with van der Waals surface area (Å²) in [7, 11) is 0. The third kappa shape index (κ3) is 2.06. The smallest absolute Gasteiger partial charge is 0.245 e. The second-order valence-electron chi connectivity index (χ2n) is 2.36. The predicted molar refractivity (Wildman–Crippen MR) is 49.2 cm³/mol. The molecule has 1 unspecified atom stereocenters. The average Bonchev–Trinajstić information content (AvgIpc) is 2.05. The van der Waals surface area contributed by atoms with E-state index in [1.54, 1.807) is 0 Å². The second-order valence-corrected chi connectivity index (χ2v) is 3.27. The van der Waals surface area contributed by atoms with E-state index in [1.807, 2.05) is 31.2 Å². The second kappa shape index (κ2) is 3.54. The Bertz CT molecular complexity index is 271. The quantitative estimate of drug-likeness (QED) is 0.625. The van der Waals surface area contributed by atoms with Crippen LogP contribution in [0, 0.1) is 6.57 Å². The monoisotopic (exact) mass is 209 g/mol. The zero-order chi connectivity index (χ0) is 8.27. The highest BCUT2D eigenvalue weighted by Crippen LogP contribution is 2.18. The van der Waals surface area contributed by atoms with Gasteiger partial charge in [-0.25, -0.2) is 6.57 Å². The SMILES string of the molecule is [C-]#[N+]C(C)c1ccc(Br)cc1. The Hall–Kier alpha value is -0.810. The van der Waals surface area contributed by atoms with Crippen molar-refractivity contribution >= 4 is 15.9 Å². The molecule has 0 bridgehead atoms. The fourth-order valence-electron chi connectivity index (χ4n) is 0.816. The summed E-state index contributed by atoms with van der Waals surface area (Å²) in [4.78, 5) is 3.42. The summed E-state index contributed by atoms with van der Waals surface area (Å²) < 4.78 is 1.05. The van der Waals surface area contributed by atoms with Gasteiger partial charge in [0.1, 0.15) is 0 Å². The molecule has 56 valence electrons. The van der Waals surface area contributed by atoms with E-state index in [9.17, 15) is 0 Å². The molecule has 0 N–H and O–H groups in total. The van der Waals surface area contributed by atoms with E-state index in [2.05, 4.69) is 20.8 Å². The third-order valence-corrected chi connectivity index (χ3v) is 2.07. The van der Waals surface area contributed by atoms with Gasteiger partial charge in [0, 0.05) is 17.0 Å². The van der Waals surface area contributed by atoms with Gasteiger partial charge in [0.25, 0.3) is 0 Å². The van der Waals surface area contributed by atoms with Crippen molar-refractivity contribution < 1.29 is 0 Å². The number of halogens is 1. The van der Waals surface area contributed by atoms with Crippen molar-refractivity contribution in [2.24, 2.45) is 0 Å². The molecule has 0 aliphatic heterocycles. The molecule has 2 heteroatoms. The van der Waals surface area contributed by atoms with Gasteiger partial charge in [-0.15, -0.1) is 0 Å². The summed E-state index contributed by atoms with van der Waals surface area (Å²) in [5, 5.41) is 0. The Balaban J connectivity index is 2.92. The van der Waals surface area contributed by atoms with Crippen molar-refractivity contribution in [2.75, 3.05) is 0 Å². The van der Waals surface area contributed by atoms with E-state index >= 15 is 0 Å². The van der Waals surface area contributed by atoms with E-state index in [0.29, 0.717) is 0 Å². The van der Waals surface area contributed by atoms with Crippen LogP contribution in [0.15, 0.2) is 28.7 Å². The Morgan fingerprint density at radius 3 is 2.36 bits per heavy atom. The van der Waals surface area contributed by atoms with Crippen molar-refractivity contribution in [1.82, 2.24) is 0 Å². The normalized spacial score (nSPS) is 12.1. The van der Waals surface area contributed by atoms with Crippen molar-refractivity contribution in [1.29, 1.82) is 0 Å². The van der Waals surface area contributed by atoms with Gasteiger partial charge >= 0.3 is 0 Å². The highest BCUT2D eigenvalue weighted by Gasteiger charge is 2.05. The summed E-state index contributed by atoms with van der Waals surface area (Å²) in [6, 6.07) is 7.82. The van der Waals surface area contributed by atoms with Gasteiger partial charge < -0.3 is 4.85 Å². The van der Waals surface area contributed by atoms with Gasteiger partial charge in [0.15, 0.2) is 0 Å². The van der Waals surface area contributed by atoms with Crippen molar-refractivity contribution in [2.45, 2.75) is 13.0 Å². The molecule has 0 radical (unpaired) electrons. The lowest BCUT2D eigenvalue weighted by Crippen LogP contribution is -1.84. The molecule has 0 saturated heterocycles. The van der Waals surface area contributed by atoms with Gasteiger partial charge in [0.05, 0.1) is 0 Å². The highest BCUT2D eigenvalue weighted by molar-refractivity contribution is 9.10. The number of nitrogens with zero attached hydrogens (tertiary/aromatic N) is 1. The summed E-state index contributed by atoms with van der Waals surface area (Å²) in [5.41, 5.74) is 1.07. The minimum absolute atomic E-state index is 0.0249. The number of hydrogen-bond acceptors (Lipinski definition) is 0. The van der Waals surface area contributed by atoms with Crippen LogP contribution in [0.25, 0.3) is 4.85 Å². The van der Waals surface area contributed by atoms with Crippen LogP contribution in [-0.4, -0.2) is 0 Å². The largest absolute Gasteiger partial charge is 0.309 e. The molecule has 0 aliphatic carbocycles. The van der Waals surface area contributed by atoms with Crippen LogP contribution in [0.5, 0.6) is 0 Å². The van der Waals surface area contributed by atoms with E-state index in [0.717, 1.165) is 10.0 Å². The van der Waals surface area contributed by atoms with Crippen LogP contribution in [0.1, 0.15) is 18.5 Å². The van der Waals surface area contributed by atoms with Crippen LogP contribution in [-0.2, 0) is 0 Å². The maximum absolute atomic E-state index is 6.81. The summed E-state index contributed by atoms with van der Waals surface area (Å²) in [6.45, 7) is 8.71. The minimum atomic E-state index is -0.0249. The summed E-state index contributed by atoms with van der Waals surface area (Å²) in [6.07, 6.45) is 0. The van der Waals surface area contributed by atoms with Crippen LogP contribution >= 0.6 is 15.9 Å². The predicted octanol–water partition coefficient (Wildman–Crippen LogP) is 3.43. The Kier molecular flexibility index (Phi) is 2.67. The molecule has 0 fully saturated rings. The first-order valence-corrected chi connectivity index (χ1v) is 4.15. The van der Waals surface area contributed by atoms with Gasteiger partial charge in [-0.3, -0.25) is 0 Å². The van der Waals surface area contributed by atoms with Crippen LogP contribution in [0.2, 0.25) is 0 Å². The van der Waals surface area contributed by atoms with Gasteiger partial charge in [0.2, 0.25) is 6.04 Å². The average molecular weight is 210 g/mol. The van der Waals surface area contributed by atoms with Crippen molar-refractivity contribution in [3.05, 3.63) is 45.7 Å². The Morgan fingerprint density at radius 1 is 1.36 bits per heavy atom. The molecule has 1 aromatic carbocycles. The molecular weight excluding hydrogens is 202 g/mol. The standard InChI is InChI=1S/C9H8BrN/c1-7(11-2)8-3-5-9(10)6-4-8/h3-7H,1H3. The van der Waals surface area contributed by atoms with E-state index in [-0.39, 0.29) is 6.04 Å².